The zero-order valence-electron chi connectivity index (χ0n) is 9.54. The van der Waals surface area contributed by atoms with Gasteiger partial charge in [0.25, 0.3) is 5.56 Å². The number of aromatic nitrogens is 3. The van der Waals surface area contributed by atoms with E-state index >= 15 is 0 Å². The molecule has 0 aromatic carbocycles. The van der Waals surface area contributed by atoms with E-state index in [0.717, 1.165) is 0 Å². The second-order valence-corrected chi connectivity index (χ2v) is 5.01. The third kappa shape index (κ3) is 2.62. The first-order valence-electron chi connectivity index (χ1n) is 5.50. The first-order valence-corrected chi connectivity index (χ1v) is 6.65. The van der Waals surface area contributed by atoms with Crippen LogP contribution in [0.3, 0.4) is 0 Å². The first kappa shape index (κ1) is 13.2. The van der Waals surface area contributed by atoms with Gasteiger partial charge in [-0.15, -0.1) is 0 Å². The number of aromatic amines is 1. The molecular weight excluding hydrogens is 270 g/mol. The molecule has 0 saturated carbocycles. The van der Waals surface area contributed by atoms with Crippen molar-refractivity contribution >= 4 is 36.3 Å². The Hall–Kier alpha value is -1.21. The van der Waals surface area contributed by atoms with Gasteiger partial charge in [-0.05, 0) is 18.6 Å². The summed E-state index contributed by atoms with van der Waals surface area (Å²) in [6.45, 7) is 0.327. The molecule has 7 heteroatoms. The zero-order valence-corrected chi connectivity index (χ0v) is 11.3. The Balaban J connectivity index is 2.45. The Labute approximate surface area is 114 Å². The summed E-state index contributed by atoms with van der Waals surface area (Å²) in [4.78, 5) is 30.4. The van der Waals surface area contributed by atoms with E-state index in [2.05, 4.69) is 35.2 Å². The van der Waals surface area contributed by atoms with Crippen LogP contribution in [0.4, 0.5) is 0 Å². The SMILES string of the molecule is O=c1[nH]c2ncccc2c(=O)n1CC[C@@H](S)CS. The molecule has 1 atom stereocenters. The van der Waals surface area contributed by atoms with E-state index in [1.165, 1.54) is 10.8 Å². The molecule has 5 nitrogen and oxygen atoms in total. The summed E-state index contributed by atoms with van der Waals surface area (Å²) in [7, 11) is 0. The van der Waals surface area contributed by atoms with Crippen LogP contribution in [0.2, 0.25) is 0 Å². The fraction of sp³-hybridized carbons (Fsp3) is 0.364. The van der Waals surface area contributed by atoms with Crippen LogP contribution in [-0.2, 0) is 6.54 Å². The van der Waals surface area contributed by atoms with Gasteiger partial charge in [-0.1, -0.05) is 0 Å². The Bertz CT molecular complexity index is 665. The molecule has 0 saturated heterocycles. The summed E-state index contributed by atoms with van der Waals surface area (Å²) in [6, 6.07) is 3.31. The van der Waals surface area contributed by atoms with Gasteiger partial charge in [0.2, 0.25) is 0 Å². The van der Waals surface area contributed by atoms with Gasteiger partial charge >= 0.3 is 5.69 Å². The Morgan fingerprint density at radius 2 is 2.22 bits per heavy atom. The minimum Gasteiger partial charge on any atom is -0.291 e. The lowest BCUT2D eigenvalue weighted by Crippen LogP contribution is -2.36. The van der Waals surface area contributed by atoms with Crippen LogP contribution in [0.5, 0.6) is 0 Å². The number of hydrogen-bond acceptors (Lipinski definition) is 5. The highest BCUT2D eigenvalue weighted by atomic mass is 32.1. The lowest BCUT2D eigenvalue weighted by molar-refractivity contribution is 0.598. The van der Waals surface area contributed by atoms with Crippen molar-refractivity contribution < 1.29 is 0 Å². The second kappa shape index (κ2) is 5.62. The summed E-state index contributed by atoms with van der Waals surface area (Å²) in [6.07, 6.45) is 2.15. The predicted octanol–water partition coefficient (Wildman–Crippen LogP) is 0.703. The summed E-state index contributed by atoms with van der Waals surface area (Å²) >= 11 is 8.40. The third-order valence-electron chi connectivity index (χ3n) is 2.65. The third-order valence-corrected chi connectivity index (χ3v) is 3.82. The topological polar surface area (TPSA) is 67.8 Å². The maximum atomic E-state index is 12.1. The number of hydrogen-bond donors (Lipinski definition) is 3. The van der Waals surface area contributed by atoms with Crippen LogP contribution < -0.4 is 11.2 Å². The van der Waals surface area contributed by atoms with Crippen LogP contribution in [0.25, 0.3) is 11.0 Å². The van der Waals surface area contributed by atoms with E-state index in [1.807, 2.05) is 0 Å². The Morgan fingerprint density at radius 3 is 2.94 bits per heavy atom. The maximum Gasteiger partial charge on any atom is 0.329 e. The fourth-order valence-electron chi connectivity index (χ4n) is 1.66. The summed E-state index contributed by atoms with van der Waals surface area (Å²) in [5.41, 5.74) is -0.437. The van der Waals surface area contributed by atoms with Crippen molar-refractivity contribution in [2.24, 2.45) is 0 Å². The van der Waals surface area contributed by atoms with Crippen molar-refractivity contribution in [2.45, 2.75) is 18.2 Å². The van der Waals surface area contributed by atoms with E-state index in [9.17, 15) is 9.59 Å². The van der Waals surface area contributed by atoms with Gasteiger partial charge in [-0.3, -0.25) is 14.3 Å². The molecule has 0 spiro atoms. The zero-order chi connectivity index (χ0) is 13.1. The lowest BCUT2D eigenvalue weighted by Gasteiger charge is -2.09. The van der Waals surface area contributed by atoms with Crippen molar-refractivity contribution in [3.05, 3.63) is 39.2 Å². The number of nitrogens with one attached hydrogen (secondary N) is 1. The summed E-state index contributed by atoms with van der Waals surface area (Å²) in [5.74, 6) is 0.602. The molecule has 2 rings (SSSR count). The van der Waals surface area contributed by atoms with E-state index in [0.29, 0.717) is 29.8 Å². The van der Waals surface area contributed by atoms with Gasteiger partial charge in [0, 0.05) is 23.7 Å². The van der Waals surface area contributed by atoms with Gasteiger partial charge in [0.15, 0.2) is 0 Å². The monoisotopic (exact) mass is 283 g/mol. The number of pyridine rings is 1. The number of nitrogens with zero attached hydrogens (tertiary/aromatic N) is 2. The molecule has 2 aromatic heterocycles. The highest BCUT2D eigenvalue weighted by molar-refractivity contribution is 7.84. The fourth-order valence-corrected chi connectivity index (χ4v) is 1.95. The van der Waals surface area contributed by atoms with Crippen LogP contribution in [0, 0.1) is 0 Å². The predicted molar refractivity (Wildman–Crippen MR) is 77.9 cm³/mol. The van der Waals surface area contributed by atoms with E-state index in [1.54, 1.807) is 12.1 Å². The minimum atomic E-state index is -0.439. The molecule has 18 heavy (non-hydrogen) atoms. The summed E-state index contributed by atoms with van der Waals surface area (Å²) < 4.78 is 1.18. The number of rotatable bonds is 4. The summed E-state index contributed by atoms with van der Waals surface area (Å²) in [5, 5.41) is 0.475. The van der Waals surface area contributed by atoms with Crippen LogP contribution in [0.1, 0.15) is 6.42 Å². The molecule has 0 fully saturated rings. The van der Waals surface area contributed by atoms with Gasteiger partial charge < -0.3 is 0 Å². The average molecular weight is 283 g/mol. The second-order valence-electron chi connectivity index (χ2n) is 3.91. The Morgan fingerprint density at radius 1 is 1.44 bits per heavy atom. The average Bonchev–Trinajstić information content (AvgIpc) is 2.38. The molecule has 2 aromatic rings. The van der Waals surface area contributed by atoms with Gasteiger partial charge in [0.05, 0.1) is 5.39 Å². The molecule has 0 aliphatic heterocycles. The molecule has 0 unspecified atom stereocenters. The van der Waals surface area contributed by atoms with E-state index < -0.39 is 5.69 Å². The van der Waals surface area contributed by atoms with Crippen molar-refractivity contribution in [1.29, 1.82) is 0 Å². The first-order chi connectivity index (χ1) is 8.63. The molecule has 0 radical (unpaired) electrons. The van der Waals surface area contributed by atoms with Crippen molar-refractivity contribution in [2.75, 3.05) is 5.75 Å². The van der Waals surface area contributed by atoms with E-state index in [4.69, 9.17) is 0 Å². The van der Waals surface area contributed by atoms with Crippen molar-refractivity contribution in [1.82, 2.24) is 14.5 Å². The highest BCUT2D eigenvalue weighted by Gasteiger charge is 2.09. The molecular formula is C11H13N3O2S2. The number of thiol groups is 2. The standard InChI is InChI=1S/C11H13N3O2S2/c15-10-8-2-1-4-12-9(8)13-11(16)14(10)5-3-7(18)6-17/h1-2,4,7,17-18H,3,5-6H2,(H,12,13,16)/t7-/m1/s1. The molecule has 96 valence electrons. The minimum absolute atomic E-state index is 0.0595. The Kier molecular flexibility index (Phi) is 4.13. The largest absolute Gasteiger partial charge is 0.329 e. The highest BCUT2D eigenvalue weighted by Crippen LogP contribution is 2.04. The molecule has 0 aliphatic carbocycles. The van der Waals surface area contributed by atoms with Gasteiger partial charge in [0.1, 0.15) is 5.65 Å². The lowest BCUT2D eigenvalue weighted by atomic mass is 10.3. The molecule has 1 N–H and O–H groups in total. The van der Waals surface area contributed by atoms with Crippen molar-refractivity contribution in [3.63, 3.8) is 0 Å². The van der Waals surface area contributed by atoms with Gasteiger partial charge in [-0.2, -0.15) is 25.3 Å². The molecule has 0 bridgehead atoms. The van der Waals surface area contributed by atoms with Crippen LogP contribution in [0.15, 0.2) is 27.9 Å². The smallest absolute Gasteiger partial charge is 0.291 e. The van der Waals surface area contributed by atoms with Crippen LogP contribution in [-0.4, -0.2) is 25.5 Å². The number of fused-ring (bicyclic) bond motifs is 1. The molecule has 0 aliphatic rings. The van der Waals surface area contributed by atoms with Gasteiger partial charge in [-0.25, -0.2) is 9.78 Å². The normalized spacial score (nSPS) is 12.8. The van der Waals surface area contributed by atoms with Crippen molar-refractivity contribution in [3.8, 4) is 0 Å². The van der Waals surface area contributed by atoms with E-state index in [-0.39, 0.29) is 10.8 Å². The quantitative estimate of drug-likeness (QED) is 0.724. The number of H-pyrrole nitrogens is 1. The van der Waals surface area contributed by atoms with Crippen LogP contribution >= 0.6 is 25.3 Å². The maximum absolute atomic E-state index is 12.1. The molecule has 0 amide bonds. The molecule has 2 heterocycles.